The van der Waals surface area contributed by atoms with E-state index in [2.05, 4.69) is 11.4 Å². The number of benzene rings is 2. The Kier molecular flexibility index (Phi) is 4.76. The maximum absolute atomic E-state index is 12.9. The van der Waals surface area contributed by atoms with Crippen molar-refractivity contribution < 1.29 is 8.81 Å². The van der Waals surface area contributed by atoms with Crippen LogP contribution < -0.4 is 10.9 Å². The van der Waals surface area contributed by atoms with Crippen molar-refractivity contribution in [1.82, 2.24) is 5.32 Å². The van der Waals surface area contributed by atoms with Gasteiger partial charge in [-0.3, -0.25) is 0 Å². The van der Waals surface area contributed by atoms with Crippen LogP contribution in [0, 0.1) is 19.7 Å². The summed E-state index contributed by atoms with van der Waals surface area (Å²) in [6.45, 7) is 5.39. The lowest BCUT2D eigenvalue weighted by atomic mass is 10.0. The molecule has 0 atom stereocenters. The zero-order chi connectivity index (χ0) is 17.1. The van der Waals surface area contributed by atoms with E-state index in [-0.39, 0.29) is 11.4 Å². The van der Waals surface area contributed by atoms with E-state index in [0.717, 1.165) is 35.0 Å². The first-order chi connectivity index (χ1) is 11.5. The lowest BCUT2D eigenvalue weighted by Crippen LogP contribution is -2.18. The molecule has 0 aliphatic rings. The standard InChI is InChI=1S/C20H20FNO2/c1-13-9-18-16(11-20(23)24-19(18)10-14(13)2)12-22-8-7-15-3-5-17(21)6-4-15/h3-6,9-11,22H,7-8,12H2,1-2H3. The van der Waals surface area contributed by atoms with Gasteiger partial charge in [0, 0.05) is 18.0 Å². The third-order valence-corrected chi connectivity index (χ3v) is 4.26. The zero-order valence-corrected chi connectivity index (χ0v) is 13.9. The molecule has 3 rings (SSSR count). The Morgan fingerprint density at radius 1 is 1.04 bits per heavy atom. The Morgan fingerprint density at radius 2 is 1.75 bits per heavy atom. The summed E-state index contributed by atoms with van der Waals surface area (Å²) >= 11 is 0. The average Bonchev–Trinajstić information content (AvgIpc) is 2.55. The summed E-state index contributed by atoms with van der Waals surface area (Å²) in [6, 6.07) is 12.0. The number of fused-ring (bicyclic) bond motifs is 1. The van der Waals surface area contributed by atoms with E-state index in [1.54, 1.807) is 18.2 Å². The van der Waals surface area contributed by atoms with Crippen molar-refractivity contribution in [3.63, 3.8) is 0 Å². The molecule has 2 aromatic carbocycles. The molecule has 1 aromatic heterocycles. The van der Waals surface area contributed by atoms with Crippen molar-refractivity contribution in [2.24, 2.45) is 0 Å². The lowest BCUT2D eigenvalue weighted by Gasteiger charge is -2.09. The van der Waals surface area contributed by atoms with Gasteiger partial charge >= 0.3 is 5.63 Å². The average molecular weight is 325 g/mol. The third kappa shape index (κ3) is 3.71. The summed E-state index contributed by atoms with van der Waals surface area (Å²) in [5.74, 6) is -0.222. The van der Waals surface area contributed by atoms with Crippen LogP contribution in [0.5, 0.6) is 0 Å². The van der Waals surface area contributed by atoms with Crippen molar-refractivity contribution in [2.45, 2.75) is 26.8 Å². The van der Waals surface area contributed by atoms with Crippen LogP contribution in [0.4, 0.5) is 4.39 Å². The van der Waals surface area contributed by atoms with Crippen LogP contribution in [-0.2, 0) is 13.0 Å². The highest BCUT2D eigenvalue weighted by Gasteiger charge is 2.07. The first kappa shape index (κ1) is 16.4. The minimum atomic E-state index is -0.332. The van der Waals surface area contributed by atoms with Crippen molar-refractivity contribution in [1.29, 1.82) is 0 Å². The summed E-state index contributed by atoms with van der Waals surface area (Å²) in [5.41, 5.74) is 4.58. The quantitative estimate of drug-likeness (QED) is 0.572. The van der Waals surface area contributed by atoms with Crippen LogP contribution >= 0.6 is 0 Å². The van der Waals surface area contributed by atoms with Crippen LogP contribution in [0.1, 0.15) is 22.3 Å². The zero-order valence-electron chi connectivity index (χ0n) is 13.9. The monoisotopic (exact) mass is 325 g/mol. The molecule has 3 aromatic rings. The molecule has 0 aliphatic carbocycles. The van der Waals surface area contributed by atoms with Gasteiger partial charge in [-0.05, 0) is 73.3 Å². The Morgan fingerprint density at radius 3 is 2.50 bits per heavy atom. The van der Waals surface area contributed by atoms with E-state index >= 15 is 0 Å². The lowest BCUT2D eigenvalue weighted by molar-refractivity contribution is 0.556. The molecular weight excluding hydrogens is 305 g/mol. The molecule has 4 heteroatoms. The number of rotatable bonds is 5. The molecular formula is C20H20FNO2. The van der Waals surface area contributed by atoms with Gasteiger partial charge in [-0.1, -0.05) is 12.1 Å². The van der Waals surface area contributed by atoms with Crippen molar-refractivity contribution >= 4 is 11.0 Å². The largest absolute Gasteiger partial charge is 0.423 e. The Labute approximate surface area is 140 Å². The van der Waals surface area contributed by atoms with Gasteiger partial charge in [0.05, 0.1) is 0 Å². The van der Waals surface area contributed by atoms with Crippen LogP contribution in [-0.4, -0.2) is 6.54 Å². The van der Waals surface area contributed by atoms with Gasteiger partial charge in [0.15, 0.2) is 0 Å². The van der Waals surface area contributed by atoms with E-state index in [1.165, 1.54) is 17.7 Å². The Balaban J connectivity index is 1.71. The number of halogens is 1. The molecule has 0 saturated heterocycles. The Bertz CT molecular complexity index is 913. The fourth-order valence-corrected chi connectivity index (χ4v) is 2.74. The summed E-state index contributed by atoms with van der Waals surface area (Å²) in [6.07, 6.45) is 0.803. The van der Waals surface area contributed by atoms with E-state index < -0.39 is 0 Å². The fourth-order valence-electron chi connectivity index (χ4n) is 2.74. The van der Waals surface area contributed by atoms with E-state index in [0.29, 0.717) is 12.1 Å². The molecule has 0 unspecified atom stereocenters. The van der Waals surface area contributed by atoms with E-state index in [9.17, 15) is 9.18 Å². The van der Waals surface area contributed by atoms with Crippen molar-refractivity contribution in [2.75, 3.05) is 6.54 Å². The first-order valence-corrected chi connectivity index (χ1v) is 8.02. The van der Waals surface area contributed by atoms with Crippen LogP contribution in [0.2, 0.25) is 0 Å². The van der Waals surface area contributed by atoms with Gasteiger partial charge in [0.2, 0.25) is 0 Å². The van der Waals surface area contributed by atoms with Gasteiger partial charge in [0.25, 0.3) is 0 Å². The number of aryl methyl sites for hydroxylation is 2. The first-order valence-electron chi connectivity index (χ1n) is 8.02. The van der Waals surface area contributed by atoms with Gasteiger partial charge in [-0.25, -0.2) is 9.18 Å². The fraction of sp³-hybridized carbons (Fsp3) is 0.250. The van der Waals surface area contributed by atoms with E-state index in [1.807, 2.05) is 19.9 Å². The molecule has 0 aliphatic heterocycles. The highest BCUT2D eigenvalue weighted by Crippen LogP contribution is 2.21. The third-order valence-electron chi connectivity index (χ3n) is 4.26. The molecule has 0 saturated carbocycles. The molecule has 0 spiro atoms. The maximum Gasteiger partial charge on any atom is 0.336 e. The predicted molar refractivity (Wildman–Crippen MR) is 93.8 cm³/mol. The smallest absolute Gasteiger partial charge is 0.336 e. The molecule has 0 radical (unpaired) electrons. The second kappa shape index (κ2) is 6.97. The van der Waals surface area contributed by atoms with Gasteiger partial charge in [-0.15, -0.1) is 0 Å². The number of nitrogens with one attached hydrogen (secondary N) is 1. The van der Waals surface area contributed by atoms with Gasteiger partial charge < -0.3 is 9.73 Å². The van der Waals surface area contributed by atoms with Crippen LogP contribution in [0.15, 0.2) is 51.7 Å². The Hall–Kier alpha value is -2.46. The molecule has 1 N–H and O–H groups in total. The molecule has 3 nitrogen and oxygen atoms in total. The second-order valence-corrected chi connectivity index (χ2v) is 6.08. The van der Waals surface area contributed by atoms with Gasteiger partial charge in [-0.2, -0.15) is 0 Å². The highest BCUT2D eigenvalue weighted by atomic mass is 19.1. The normalized spacial score (nSPS) is 11.1. The van der Waals surface area contributed by atoms with Crippen molar-refractivity contribution in [3.05, 3.63) is 81.0 Å². The van der Waals surface area contributed by atoms with Gasteiger partial charge in [0.1, 0.15) is 11.4 Å². The minimum Gasteiger partial charge on any atom is -0.423 e. The van der Waals surface area contributed by atoms with E-state index in [4.69, 9.17) is 4.42 Å². The molecule has 0 amide bonds. The highest BCUT2D eigenvalue weighted by molar-refractivity contribution is 5.81. The van der Waals surface area contributed by atoms with Crippen LogP contribution in [0.25, 0.3) is 11.0 Å². The summed E-state index contributed by atoms with van der Waals surface area (Å²) in [4.78, 5) is 11.8. The molecule has 1 heterocycles. The maximum atomic E-state index is 12.9. The minimum absolute atomic E-state index is 0.222. The molecule has 0 bridgehead atoms. The summed E-state index contributed by atoms with van der Waals surface area (Å²) in [5, 5.41) is 4.31. The topological polar surface area (TPSA) is 42.2 Å². The molecule has 24 heavy (non-hydrogen) atoms. The SMILES string of the molecule is Cc1cc2oc(=O)cc(CNCCc3ccc(F)cc3)c2cc1C. The predicted octanol–water partition coefficient (Wildman–Crippen LogP) is 3.88. The molecule has 124 valence electrons. The number of hydrogen-bond donors (Lipinski definition) is 1. The van der Waals surface area contributed by atoms with Crippen molar-refractivity contribution in [3.8, 4) is 0 Å². The van der Waals surface area contributed by atoms with Crippen LogP contribution in [0.3, 0.4) is 0 Å². The molecule has 0 fully saturated rings. The number of hydrogen-bond acceptors (Lipinski definition) is 3. The summed E-state index contributed by atoms with van der Waals surface area (Å²) < 4.78 is 18.2. The second-order valence-electron chi connectivity index (χ2n) is 6.08. The summed E-state index contributed by atoms with van der Waals surface area (Å²) in [7, 11) is 0.